The molecule has 1 atom stereocenters. The average molecular weight is 535 g/mol. The van der Waals surface area contributed by atoms with E-state index in [0.29, 0.717) is 12.5 Å². The number of anilines is 1. The number of carbonyl (C=O) groups is 5. The molecular formula is C25H38N6O7. The Labute approximate surface area is 221 Å². The van der Waals surface area contributed by atoms with Crippen LogP contribution in [0, 0.1) is 5.92 Å². The Hall–Kier alpha value is -4.16. The van der Waals surface area contributed by atoms with Crippen LogP contribution in [0.3, 0.4) is 0 Å². The van der Waals surface area contributed by atoms with E-state index in [2.05, 4.69) is 21.3 Å². The zero-order valence-corrected chi connectivity index (χ0v) is 22.1. The predicted octanol–water partition coefficient (Wildman–Crippen LogP) is 0.392. The third kappa shape index (κ3) is 13.2. The van der Waals surface area contributed by atoms with Crippen molar-refractivity contribution in [2.24, 2.45) is 11.7 Å². The van der Waals surface area contributed by atoms with Crippen molar-refractivity contribution in [3.63, 3.8) is 0 Å². The molecule has 1 aromatic rings. The molecule has 0 aromatic carbocycles. The lowest BCUT2D eigenvalue weighted by Crippen LogP contribution is -2.45. The SMILES string of the molecule is CCOC(=O)C=CCCC(NC(=O)CCNC(N)=O)C(=O)Nc1cccn(CC(=O)NCCC(C)C)c1=O. The number of aromatic nitrogens is 1. The van der Waals surface area contributed by atoms with Crippen molar-refractivity contribution in [3.8, 4) is 0 Å². The number of nitrogens with two attached hydrogens (primary N) is 1. The summed E-state index contributed by atoms with van der Waals surface area (Å²) in [6, 6.07) is 1.06. The molecule has 38 heavy (non-hydrogen) atoms. The van der Waals surface area contributed by atoms with Gasteiger partial charge in [0, 0.05) is 31.8 Å². The van der Waals surface area contributed by atoms with Gasteiger partial charge in [0.25, 0.3) is 5.56 Å². The van der Waals surface area contributed by atoms with Gasteiger partial charge in [-0.05, 0) is 44.2 Å². The van der Waals surface area contributed by atoms with Crippen molar-refractivity contribution in [1.29, 1.82) is 0 Å². The number of esters is 1. The topological polar surface area (TPSA) is 191 Å². The number of nitrogens with zero attached hydrogens (tertiary/aromatic N) is 1. The third-order valence-corrected chi connectivity index (χ3v) is 5.10. The first-order valence-corrected chi connectivity index (χ1v) is 12.5. The standard InChI is InChI=1S/C25H38N6O7/c1-4-38-22(34)10-6-5-8-18(29-20(32)12-14-28-25(26)37)23(35)30-19-9-7-15-31(24(19)36)16-21(33)27-13-11-17(2)3/h6-7,9-10,15,17-18H,4-5,8,11-14,16H2,1-3H3,(H,27,33)(H,29,32)(H,30,35)(H3,26,28,37). The van der Waals surface area contributed by atoms with E-state index < -0.39 is 35.4 Å². The second-order valence-corrected chi connectivity index (χ2v) is 8.77. The number of amides is 5. The Balaban J connectivity index is 2.90. The number of allylic oxidation sites excluding steroid dienone is 1. The van der Waals surface area contributed by atoms with Gasteiger partial charge in [0.2, 0.25) is 17.7 Å². The molecular weight excluding hydrogens is 496 g/mol. The minimum Gasteiger partial charge on any atom is -0.463 e. The first-order chi connectivity index (χ1) is 18.0. The molecule has 0 aliphatic heterocycles. The summed E-state index contributed by atoms with van der Waals surface area (Å²) in [6.45, 7) is 6.21. The van der Waals surface area contributed by atoms with Crippen LogP contribution in [0.5, 0.6) is 0 Å². The maximum Gasteiger partial charge on any atom is 0.330 e. The minimum absolute atomic E-state index is 0.0269. The van der Waals surface area contributed by atoms with Gasteiger partial charge >= 0.3 is 12.0 Å². The number of pyridine rings is 1. The molecule has 6 N–H and O–H groups in total. The summed E-state index contributed by atoms with van der Waals surface area (Å²) in [5.41, 5.74) is 4.33. The van der Waals surface area contributed by atoms with E-state index in [1.807, 2.05) is 13.8 Å². The number of primary amides is 1. The maximum atomic E-state index is 13.0. The number of nitrogens with one attached hydrogen (secondary N) is 4. The van der Waals surface area contributed by atoms with Crippen molar-refractivity contribution >= 4 is 35.4 Å². The third-order valence-electron chi connectivity index (χ3n) is 5.10. The number of carbonyl (C=O) groups excluding carboxylic acids is 5. The molecule has 210 valence electrons. The molecule has 5 amide bonds. The molecule has 1 heterocycles. The van der Waals surface area contributed by atoms with Crippen LogP contribution < -0.4 is 32.6 Å². The predicted molar refractivity (Wildman–Crippen MR) is 141 cm³/mol. The van der Waals surface area contributed by atoms with Crippen molar-refractivity contribution < 1.29 is 28.7 Å². The maximum absolute atomic E-state index is 13.0. The molecule has 0 saturated heterocycles. The van der Waals surface area contributed by atoms with E-state index in [4.69, 9.17) is 10.5 Å². The van der Waals surface area contributed by atoms with E-state index in [1.165, 1.54) is 35.0 Å². The van der Waals surface area contributed by atoms with Gasteiger partial charge in [-0.3, -0.25) is 19.2 Å². The highest BCUT2D eigenvalue weighted by molar-refractivity contribution is 5.97. The molecule has 0 aliphatic carbocycles. The number of hydrogen-bond donors (Lipinski definition) is 5. The van der Waals surface area contributed by atoms with Gasteiger partial charge in [-0.2, -0.15) is 0 Å². The molecule has 13 nitrogen and oxygen atoms in total. The van der Waals surface area contributed by atoms with Crippen LogP contribution in [0.1, 0.15) is 46.5 Å². The molecule has 0 spiro atoms. The van der Waals surface area contributed by atoms with Crippen LogP contribution in [-0.2, 0) is 30.5 Å². The number of rotatable bonds is 16. The molecule has 0 aliphatic rings. The summed E-state index contributed by atoms with van der Waals surface area (Å²) in [5, 5.41) is 10.1. The summed E-state index contributed by atoms with van der Waals surface area (Å²) in [4.78, 5) is 72.6. The van der Waals surface area contributed by atoms with Crippen LogP contribution in [0.15, 0.2) is 35.3 Å². The normalized spacial score (nSPS) is 11.6. The largest absolute Gasteiger partial charge is 0.463 e. The van der Waals surface area contributed by atoms with Crippen LogP contribution in [0.25, 0.3) is 0 Å². The molecule has 13 heteroatoms. The Morgan fingerprint density at radius 3 is 2.47 bits per heavy atom. The molecule has 0 fully saturated rings. The van der Waals surface area contributed by atoms with Crippen LogP contribution >= 0.6 is 0 Å². The second kappa shape index (κ2) is 17.3. The van der Waals surface area contributed by atoms with E-state index >= 15 is 0 Å². The molecule has 1 aromatic heterocycles. The van der Waals surface area contributed by atoms with Gasteiger partial charge in [-0.25, -0.2) is 9.59 Å². The van der Waals surface area contributed by atoms with Gasteiger partial charge in [-0.15, -0.1) is 0 Å². The fraction of sp³-hybridized carbons (Fsp3) is 0.520. The quantitative estimate of drug-likeness (QED) is 0.150. The summed E-state index contributed by atoms with van der Waals surface area (Å²) < 4.78 is 5.97. The van der Waals surface area contributed by atoms with E-state index in [9.17, 15) is 28.8 Å². The van der Waals surface area contributed by atoms with Crippen molar-refractivity contribution in [2.45, 2.75) is 59.0 Å². The Kier molecular flexibility index (Phi) is 14.5. The Bertz CT molecular complexity index is 1050. The van der Waals surface area contributed by atoms with Gasteiger partial charge < -0.3 is 36.3 Å². The molecule has 1 unspecified atom stereocenters. The first kappa shape index (κ1) is 31.9. The first-order valence-electron chi connectivity index (χ1n) is 12.5. The molecule has 0 saturated carbocycles. The van der Waals surface area contributed by atoms with Gasteiger partial charge in [-0.1, -0.05) is 19.9 Å². The number of hydrogen-bond acceptors (Lipinski definition) is 7. The zero-order chi connectivity index (χ0) is 28.5. The number of ether oxygens (including phenoxy) is 1. The summed E-state index contributed by atoms with van der Waals surface area (Å²) >= 11 is 0. The highest BCUT2D eigenvalue weighted by Gasteiger charge is 2.21. The Morgan fingerprint density at radius 1 is 1.08 bits per heavy atom. The lowest BCUT2D eigenvalue weighted by atomic mass is 10.1. The summed E-state index contributed by atoms with van der Waals surface area (Å²) in [5.74, 6) is -1.64. The minimum atomic E-state index is -1.06. The lowest BCUT2D eigenvalue weighted by molar-refractivity contribution is -0.137. The average Bonchev–Trinajstić information content (AvgIpc) is 2.83. The summed E-state index contributed by atoms with van der Waals surface area (Å²) in [6.07, 6.45) is 5.19. The van der Waals surface area contributed by atoms with Gasteiger partial charge in [0.1, 0.15) is 18.3 Å². The lowest BCUT2D eigenvalue weighted by Gasteiger charge is -2.18. The van der Waals surface area contributed by atoms with Crippen molar-refractivity contribution in [2.75, 3.05) is 25.0 Å². The van der Waals surface area contributed by atoms with Crippen LogP contribution in [0.4, 0.5) is 10.5 Å². The molecule has 0 bridgehead atoms. The summed E-state index contributed by atoms with van der Waals surface area (Å²) in [7, 11) is 0. The number of urea groups is 1. The van der Waals surface area contributed by atoms with Crippen LogP contribution in [0.2, 0.25) is 0 Å². The fourth-order valence-electron chi connectivity index (χ4n) is 3.15. The van der Waals surface area contributed by atoms with Crippen molar-refractivity contribution in [3.05, 3.63) is 40.8 Å². The van der Waals surface area contributed by atoms with Crippen LogP contribution in [-0.4, -0.2) is 60.0 Å². The van der Waals surface area contributed by atoms with Crippen molar-refractivity contribution in [1.82, 2.24) is 20.5 Å². The molecule has 1 rings (SSSR count). The molecule has 0 radical (unpaired) electrons. The zero-order valence-electron chi connectivity index (χ0n) is 22.1. The monoisotopic (exact) mass is 534 g/mol. The van der Waals surface area contributed by atoms with E-state index in [-0.39, 0.29) is 50.6 Å². The fourth-order valence-corrected chi connectivity index (χ4v) is 3.15. The second-order valence-electron chi connectivity index (χ2n) is 8.77. The van der Waals surface area contributed by atoms with Gasteiger partial charge in [0.05, 0.1) is 6.61 Å². The smallest absolute Gasteiger partial charge is 0.330 e. The van der Waals surface area contributed by atoms with E-state index in [0.717, 1.165) is 6.42 Å². The van der Waals surface area contributed by atoms with Gasteiger partial charge in [0.15, 0.2) is 0 Å². The highest BCUT2D eigenvalue weighted by Crippen LogP contribution is 2.06. The Morgan fingerprint density at radius 2 is 1.82 bits per heavy atom. The van der Waals surface area contributed by atoms with E-state index in [1.54, 1.807) is 6.92 Å². The highest BCUT2D eigenvalue weighted by atomic mass is 16.5.